The number of benzene rings is 2. The number of esters is 1. The van der Waals surface area contributed by atoms with Gasteiger partial charge in [-0.15, -0.1) is 47.0 Å². The van der Waals surface area contributed by atoms with E-state index in [0.29, 0.717) is 39.7 Å². The summed E-state index contributed by atoms with van der Waals surface area (Å²) in [5.41, 5.74) is 15.5. The smallest absolute Gasteiger partial charge is 0.352 e. The first-order valence-electron chi connectivity index (χ1n) is 23.8. The highest BCUT2D eigenvalue weighted by Gasteiger charge is 2.56. The second-order valence-corrected chi connectivity index (χ2v) is 22.9. The topological polar surface area (TPSA) is 367 Å². The number of carbonyl (C=O) groups excluding carboxylic acids is 7. The summed E-state index contributed by atoms with van der Waals surface area (Å²) in [4.78, 5) is 132. The van der Waals surface area contributed by atoms with E-state index in [1.807, 2.05) is 60.7 Å². The van der Waals surface area contributed by atoms with Crippen LogP contribution < -0.4 is 22.1 Å². The zero-order valence-corrected chi connectivity index (χ0v) is 45.4. The maximum Gasteiger partial charge on any atom is 0.352 e. The van der Waals surface area contributed by atoms with Crippen molar-refractivity contribution >= 4 is 112 Å². The molecule has 8 atom stereocenters. The van der Waals surface area contributed by atoms with Crippen LogP contribution in [0.15, 0.2) is 106 Å². The summed E-state index contributed by atoms with van der Waals surface area (Å²) in [6.07, 6.45) is 0.394. The molecule has 0 radical (unpaired) electrons. The van der Waals surface area contributed by atoms with E-state index in [-0.39, 0.29) is 93.3 Å². The van der Waals surface area contributed by atoms with Gasteiger partial charge in [-0.25, -0.2) is 19.2 Å². The van der Waals surface area contributed by atoms with Crippen LogP contribution in [0, 0.1) is 0 Å². The van der Waals surface area contributed by atoms with Crippen LogP contribution in [0.25, 0.3) is 0 Å². The number of amides is 6. The van der Waals surface area contributed by atoms with Gasteiger partial charge < -0.3 is 47.3 Å². The molecular weight excluding hydrogens is 1100 g/mol. The van der Waals surface area contributed by atoms with Crippen molar-refractivity contribution in [1.82, 2.24) is 30.2 Å². The number of hydrogen-bond donors (Lipinski definition) is 8. The lowest BCUT2D eigenvalue weighted by Gasteiger charge is -2.49. The number of rotatable bonds is 12. The van der Waals surface area contributed by atoms with Crippen LogP contribution >= 0.6 is 47.0 Å². The van der Waals surface area contributed by atoms with Crippen LogP contribution in [0.2, 0.25) is 0 Å². The van der Waals surface area contributed by atoms with Crippen LogP contribution in [0.1, 0.15) is 38.8 Å². The van der Waals surface area contributed by atoms with Gasteiger partial charge >= 0.3 is 29.8 Å². The monoisotopic (exact) mass is 1150 g/mol. The molecule has 1 unspecified atom stereocenters. The van der Waals surface area contributed by atoms with Crippen molar-refractivity contribution in [3.8, 4) is 0 Å². The van der Waals surface area contributed by atoms with E-state index in [4.69, 9.17) is 26.4 Å². The minimum Gasteiger partial charge on any atom is -0.477 e. The number of fused-ring (bicyclic) bond motifs is 4. The van der Waals surface area contributed by atoms with Crippen molar-refractivity contribution in [2.24, 2.45) is 11.5 Å². The Labute approximate surface area is 462 Å². The summed E-state index contributed by atoms with van der Waals surface area (Å²) in [5, 5.41) is 40.9. The van der Waals surface area contributed by atoms with Gasteiger partial charge in [0, 0.05) is 35.5 Å². The van der Waals surface area contributed by atoms with E-state index < -0.39 is 59.9 Å². The van der Waals surface area contributed by atoms with E-state index in [9.17, 15) is 63.0 Å². The third-order valence-corrected chi connectivity index (χ3v) is 18.6. The Kier molecular flexibility index (Phi) is 18.5. The largest absolute Gasteiger partial charge is 0.477 e. The summed E-state index contributed by atoms with van der Waals surface area (Å²) in [7, 11) is 0. The first-order valence-corrected chi connectivity index (χ1v) is 28.0. The standard InChI is InChI=1S/2C16H16N2O4S.C10H12N2O5S.C8H10N2O3S/c2*1-9-8-23-15-12(14(20)18(15)13(9)16(21)22)17-11(19)7-10-5-3-2-4-6-10;1-4(13)17-2-5-3-18-9-6(11)8(14)12(9)7(5)10(15)16;1-3-2-14-7-4(9)6(11)10(7)5(3)8(12)13/h2*2-6,12,15H,7-8H2,1H3,(H,17,19)(H,21,22);6,9H,2-3,11H2,1H3,(H,15,16);4,7H,2,9H2,1H3,(H,12,13)/t2*12-,15-;6-,9?;4-,7-/m1111/s1. The zero-order chi connectivity index (χ0) is 57.0. The minimum atomic E-state index is -1.21. The molecule has 8 aliphatic rings. The van der Waals surface area contributed by atoms with Crippen LogP contribution in [-0.2, 0) is 70.3 Å². The van der Waals surface area contributed by atoms with E-state index in [0.717, 1.165) is 16.7 Å². The molecule has 0 aliphatic carbocycles. The highest BCUT2D eigenvalue weighted by atomic mass is 32.2. The average Bonchev–Trinajstić information content (AvgIpc) is 3.56. The van der Waals surface area contributed by atoms with Gasteiger partial charge in [0.05, 0.1) is 12.8 Å². The molecule has 2 aromatic carbocycles. The normalized spacial score (nSPS) is 25.4. The Hall–Kier alpha value is -7.11. The molecule has 0 bridgehead atoms. The van der Waals surface area contributed by atoms with Crippen molar-refractivity contribution in [1.29, 1.82) is 0 Å². The number of nitrogens with one attached hydrogen (secondary N) is 2. The molecule has 8 heterocycles. The molecule has 2 aromatic rings. The molecule has 0 aromatic heterocycles. The second-order valence-electron chi connectivity index (χ2n) is 18.4. The van der Waals surface area contributed by atoms with Crippen molar-refractivity contribution in [2.75, 3.05) is 29.6 Å². The lowest BCUT2D eigenvalue weighted by atomic mass is 10.0. The number of nitrogens with two attached hydrogens (primary N) is 2. The van der Waals surface area contributed by atoms with Crippen LogP contribution in [0.3, 0.4) is 0 Å². The quantitative estimate of drug-likeness (QED) is 0.107. The van der Waals surface area contributed by atoms with Crippen molar-refractivity contribution < 1.29 is 77.9 Å². The number of β-lactam (4-membered cyclic amide) rings is 4. The molecule has 4 saturated heterocycles. The number of ether oxygens (including phenoxy) is 1. The Morgan fingerprint density at radius 1 is 0.513 bits per heavy atom. The van der Waals surface area contributed by atoms with Crippen molar-refractivity contribution in [3.63, 3.8) is 0 Å². The summed E-state index contributed by atoms with van der Waals surface area (Å²) >= 11 is 5.83. The predicted molar refractivity (Wildman–Crippen MR) is 285 cm³/mol. The fraction of sp³-hybridized carbons (Fsp3) is 0.380. The maximum absolute atomic E-state index is 12.2. The third-order valence-electron chi connectivity index (χ3n) is 12.9. The molecule has 10 N–H and O–H groups in total. The fourth-order valence-electron chi connectivity index (χ4n) is 9.11. The molecule has 0 spiro atoms. The number of carbonyl (C=O) groups is 11. The highest BCUT2D eigenvalue weighted by Crippen LogP contribution is 2.43. The Morgan fingerprint density at radius 3 is 1.18 bits per heavy atom. The summed E-state index contributed by atoms with van der Waals surface area (Å²) in [5.74, 6) is -4.75. The fourth-order valence-corrected chi connectivity index (χ4v) is 14.2. The number of thioether (sulfide) groups is 4. The van der Waals surface area contributed by atoms with E-state index >= 15 is 0 Å². The van der Waals surface area contributed by atoms with Gasteiger partial charge in [-0.1, -0.05) is 60.7 Å². The molecule has 24 nitrogen and oxygen atoms in total. The molecule has 8 aliphatic heterocycles. The van der Waals surface area contributed by atoms with Crippen molar-refractivity contribution in [2.45, 2.75) is 86.2 Å². The summed E-state index contributed by atoms with van der Waals surface area (Å²) in [6, 6.07) is 16.0. The number of nitrogens with zero attached hydrogens (tertiary/aromatic N) is 4. The molecule has 414 valence electrons. The molecule has 6 amide bonds. The van der Waals surface area contributed by atoms with Gasteiger partial charge in [-0.05, 0) is 48.6 Å². The van der Waals surface area contributed by atoms with Crippen LogP contribution in [0.5, 0.6) is 0 Å². The van der Waals surface area contributed by atoms with Gasteiger partial charge in [-0.2, -0.15) is 0 Å². The summed E-state index contributed by atoms with van der Waals surface area (Å²) in [6.45, 7) is 6.27. The second kappa shape index (κ2) is 24.7. The first-order chi connectivity index (χ1) is 36.9. The zero-order valence-electron chi connectivity index (χ0n) is 42.1. The first kappa shape index (κ1) is 58.6. The molecular formula is C50H54N8O16S4. The molecule has 10 rings (SSSR count). The minimum absolute atomic E-state index is 0.0484. The predicted octanol–water partition coefficient (Wildman–Crippen LogP) is 0.693. The number of carboxylic acids is 4. The van der Waals surface area contributed by atoms with Crippen molar-refractivity contribution in [3.05, 3.63) is 117 Å². The average molecular weight is 1150 g/mol. The Morgan fingerprint density at radius 2 is 0.833 bits per heavy atom. The van der Waals surface area contributed by atoms with Gasteiger partial charge in [0.1, 0.15) is 75.1 Å². The lowest BCUT2D eigenvalue weighted by molar-refractivity contribution is -0.150. The van der Waals surface area contributed by atoms with E-state index in [2.05, 4.69) is 10.6 Å². The van der Waals surface area contributed by atoms with E-state index in [1.54, 1.807) is 20.8 Å². The number of aliphatic carboxylic acids is 4. The maximum atomic E-state index is 12.2. The van der Waals surface area contributed by atoms with E-state index in [1.165, 1.54) is 73.6 Å². The van der Waals surface area contributed by atoms with Crippen LogP contribution in [-0.4, -0.2) is 181 Å². The molecule has 28 heteroatoms. The number of hydrogen-bond acceptors (Lipinski definition) is 18. The SMILES string of the molecule is CC(=O)OCC1=C(C(=O)O)N2C(=O)[C@@H](N)C2SC1.CC1=C(C(=O)O)N2C(=O)[C@@H](N)[C@H]2SC1.CC1=C(C(=O)O)N2C(=O)[C@@H](NC(=O)Cc3ccccc3)[C@H]2SC1.CC1=C(C(=O)O)N2C(=O)[C@@H](NC(=O)Cc3ccccc3)[C@H]2SC1. The lowest BCUT2D eigenvalue weighted by Crippen LogP contribution is -2.70. The molecule has 78 heavy (non-hydrogen) atoms. The van der Waals surface area contributed by atoms with Gasteiger partial charge in [-0.3, -0.25) is 53.2 Å². The van der Waals surface area contributed by atoms with Gasteiger partial charge in [0.15, 0.2) is 0 Å². The highest BCUT2D eigenvalue weighted by molar-refractivity contribution is 8.01. The Balaban J connectivity index is 0.000000153. The van der Waals surface area contributed by atoms with Gasteiger partial charge in [0.25, 0.3) is 11.8 Å². The molecule has 4 fully saturated rings. The summed E-state index contributed by atoms with van der Waals surface area (Å²) < 4.78 is 4.79. The Bertz CT molecular complexity index is 2870. The number of carboxylic acid groups (broad SMARTS) is 4. The van der Waals surface area contributed by atoms with Crippen LogP contribution in [0.4, 0.5) is 0 Å². The molecule has 0 saturated carbocycles. The third kappa shape index (κ3) is 12.1. The van der Waals surface area contributed by atoms with Gasteiger partial charge in [0.2, 0.25) is 23.6 Å².